The minimum Gasteiger partial charge on any atom is -0.289 e. The average Bonchev–Trinajstić information content (AvgIpc) is 3.17. The number of allylic oxidation sites excluding steroid dienone is 4. The zero-order chi connectivity index (χ0) is 19.2. The van der Waals surface area contributed by atoms with Crippen LogP contribution in [0.4, 0.5) is 0 Å². The maximum absolute atomic E-state index is 13.1. The van der Waals surface area contributed by atoms with E-state index in [-0.39, 0.29) is 41.0 Å². The van der Waals surface area contributed by atoms with Crippen molar-refractivity contribution in [3.05, 3.63) is 31.8 Å². The number of carbonyl (C=O) groups is 4. The molecule has 0 radical (unpaired) electrons. The summed E-state index contributed by atoms with van der Waals surface area (Å²) in [6.07, 6.45) is 3.89. The number of hydrogen-bond acceptors (Lipinski definition) is 6. The number of hydrogen-bond donors (Lipinski definition) is 0. The average molecular weight is 393 g/mol. The number of nitrogens with zero attached hydrogens (tertiary/aromatic N) is 2. The molecule has 8 heteroatoms. The summed E-state index contributed by atoms with van der Waals surface area (Å²) in [6, 6.07) is -0.245. The van der Waals surface area contributed by atoms with E-state index in [2.05, 4.69) is 0 Å². The Labute approximate surface area is 160 Å². The fourth-order valence-electron chi connectivity index (χ4n) is 2.89. The molecule has 2 atom stereocenters. The molecule has 3 rings (SSSR count). The van der Waals surface area contributed by atoms with Gasteiger partial charge >= 0.3 is 0 Å². The van der Waals surface area contributed by atoms with E-state index >= 15 is 0 Å². The largest absolute Gasteiger partial charge is 0.289 e. The number of thioether (sulfide) groups is 2. The Balaban J connectivity index is 2.02. The SMILES string of the molecule is CCC(C)N1C(=O)C(=C2SC3=C(S2)C(=O)C=CC3=O)C(=O)N1C(C)CC. The van der Waals surface area contributed by atoms with E-state index in [1.807, 2.05) is 27.7 Å². The van der Waals surface area contributed by atoms with E-state index < -0.39 is 0 Å². The predicted octanol–water partition coefficient (Wildman–Crippen LogP) is 2.78. The van der Waals surface area contributed by atoms with Crippen LogP contribution in [0.15, 0.2) is 31.8 Å². The molecule has 0 spiro atoms. The lowest BCUT2D eigenvalue weighted by molar-refractivity contribution is -0.156. The fourth-order valence-corrected chi connectivity index (χ4v) is 5.45. The molecule has 0 bridgehead atoms. The minimum atomic E-state index is -0.354. The van der Waals surface area contributed by atoms with Crippen LogP contribution >= 0.6 is 23.5 Å². The van der Waals surface area contributed by atoms with Gasteiger partial charge in [0.1, 0.15) is 5.57 Å². The van der Waals surface area contributed by atoms with Crippen molar-refractivity contribution >= 4 is 46.9 Å². The molecule has 0 aromatic carbocycles. The van der Waals surface area contributed by atoms with Crippen molar-refractivity contribution in [2.45, 2.75) is 52.6 Å². The quantitative estimate of drug-likeness (QED) is 0.416. The van der Waals surface area contributed by atoms with Gasteiger partial charge < -0.3 is 0 Å². The first kappa shape index (κ1) is 19.0. The standard InChI is InChI=1S/C18H20N2O4S2/c1-5-9(3)19-16(23)13(17(24)20(19)10(4)6-2)18-25-14-11(21)7-8-12(22)15(14)26-18/h7-10H,5-6H2,1-4H3. The second-order valence-corrected chi connectivity index (χ2v) is 8.70. The molecule has 1 saturated heterocycles. The molecule has 138 valence electrons. The molecule has 0 saturated carbocycles. The number of ketones is 2. The topological polar surface area (TPSA) is 74.8 Å². The van der Waals surface area contributed by atoms with E-state index in [0.717, 1.165) is 23.5 Å². The van der Waals surface area contributed by atoms with Crippen LogP contribution in [-0.4, -0.2) is 45.5 Å². The highest BCUT2D eigenvalue weighted by molar-refractivity contribution is 8.29. The Bertz CT molecular complexity index is 750. The second kappa shape index (κ2) is 7.08. The lowest BCUT2D eigenvalue weighted by atomic mass is 10.2. The molecule has 6 nitrogen and oxygen atoms in total. The van der Waals surface area contributed by atoms with Crippen LogP contribution in [0, 0.1) is 0 Å². The van der Waals surface area contributed by atoms with Crippen molar-refractivity contribution in [2.75, 3.05) is 0 Å². The van der Waals surface area contributed by atoms with Crippen LogP contribution < -0.4 is 0 Å². The predicted molar refractivity (Wildman–Crippen MR) is 102 cm³/mol. The van der Waals surface area contributed by atoms with Gasteiger partial charge in [-0.2, -0.15) is 0 Å². The Hall–Kier alpha value is -1.80. The first-order chi connectivity index (χ1) is 12.3. The summed E-state index contributed by atoms with van der Waals surface area (Å²) in [5, 5.41) is 3.05. The summed E-state index contributed by atoms with van der Waals surface area (Å²) in [4.78, 5) is 50.8. The molecule has 1 fully saturated rings. The third-order valence-corrected chi connectivity index (χ3v) is 7.35. The maximum Gasteiger partial charge on any atom is 0.280 e. The van der Waals surface area contributed by atoms with E-state index in [4.69, 9.17) is 0 Å². The first-order valence-electron chi connectivity index (χ1n) is 8.59. The third-order valence-electron chi connectivity index (χ3n) is 4.73. The van der Waals surface area contributed by atoms with E-state index in [1.54, 1.807) is 0 Å². The van der Waals surface area contributed by atoms with Gasteiger partial charge in [0.2, 0.25) is 0 Å². The highest BCUT2D eigenvalue weighted by Crippen LogP contribution is 2.53. The Morgan fingerprint density at radius 3 is 1.54 bits per heavy atom. The first-order valence-corrected chi connectivity index (χ1v) is 10.2. The van der Waals surface area contributed by atoms with Crippen molar-refractivity contribution in [3.63, 3.8) is 0 Å². The van der Waals surface area contributed by atoms with Crippen molar-refractivity contribution in [1.82, 2.24) is 10.0 Å². The summed E-state index contributed by atoms with van der Waals surface area (Å²) in [5.41, 5.74) is 0.0654. The van der Waals surface area contributed by atoms with Gasteiger partial charge in [-0.3, -0.25) is 19.2 Å². The number of rotatable bonds is 4. The van der Waals surface area contributed by atoms with Crippen molar-refractivity contribution in [2.24, 2.45) is 0 Å². The summed E-state index contributed by atoms with van der Waals surface area (Å²) in [7, 11) is 0. The highest BCUT2D eigenvalue weighted by atomic mass is 32.2. The van der Waals surface area contributed by atoms with Crippen LogP contribution in [0.3, 0.4) is 0 Å². The molecule has 2 unspecified atom stereocenters. The smallest absolute Gasteiger partial charge is 0.280 e. The van der Waals surface area contributed by atoms with Crippen molar-refractivity contribution in [1.29, 1.82) is 0 Å². The third kappa shape index (κ3) is 2.85. The molecule has 0 aromatic heterocycles. The summed E-state index contributed by atoms with van der Waals surface area (Å²) < 4.78 is 0.425. The summed E-state index contributed by atoms with van der Waals surface area (Å²) in [5.74, 6) is -1.23. The molecule has 0 aromatic rings. The monoisotopic (exact) mass is 392 g/mol. The molecule has 0 N–H and O–H groups in total. The van der Waals surface area contributed by atoms with Crippen molar-refractivity contribution < 1.29 is 19.2 Å². The lowest BCUT2D eigenvalue weighted by Gasteiger charge is -2.35. The van der Waals surface area contributed by atoms with Crippen LogP contribution in [0.1, 0.15) is 40.5 Å². The summed E-state index contributed by atoms with van der Waals surface area (Å²) in [6.45, 7) is 7.74. The molecule has 1 aliphatic carbocycles. The maximum atomic E-state index is 13.1. The molecule has 26 heavy (non-hydrogen) atoms. The molecule has 2 aliphatic heterocycles. The van der Waals surface area contributed by atoms with Crippen LogP contribution in [0.25, 0.3) is 0 Å². The zero-order valence-corrected chi connectivity index (χ0v) is 16.7. The van der Waals surface area contributed by atoms with Gasteiger partial charge in [-0.1, -0.05) is 37.4 Å². The molecular formula is C18H20N2O4S2. The van der Waals surface area contributed by atoms with Crippen molar-refractivity contribution in [3.8, 4) is 0 Å². The number of amides is 2. The van der Waals surface area contributed by atoms with E-state index in [0.29, 0.717) is 26.9 Å². The number of carbonyl (C=O) groups excluding carboxylic acids is 4. The minimum absolute atomic E-state index is 0.0654. The molecular weight excluding hydrogens is 372 g/mol. The van der Waals surface area contributed by atoms with Crippen LogP contribution in [0.5, 0.6) is 0 Å². The van der Waals surface area contributed by atoms with Gasteiger partial charge in [-0.25, -0.2) is 10.0 Å². The van der Waals surface area contributed by atoms with Gasteiger partial charge in [-0.05, 0) is 38.8 Å². The zero-order valence-electron chi connectivity index (χ0n) is 15.1. The number of hydrazine groups is 1. The van der Waals surface area contributed by atoms with Gasteiger partial charge in [0, 0.05) is 0 Å². The Morgan fingerprint density at radius 1 is 0.808 bits per heavy atom. The molecule has 2 amide bonds. The lowest BCUT2D eigenvalue weighted by Crippen LogP contribution is -2.50. The normalized spacial score (nSPS) is 22.8. The van der Waals surface area contributed by atoms with Gasteiger partial charge in [0.05, 0.1) is 26.1 Å². The van der Waals surface area contributed by atoms with Gasteiger partial charge in [0.15, 0.2) is 11.6 Å². The Kier molecular flexibility index (Phi) is 5.16. The highest BCUT2D eigenvalue weighted by Gasteiger charge is 2.48. The Morgan fingerprint density at radius 2 is 1.19 bits per heavy atom. The van der Waals surface area contributed by atoms with Gasteiger partial charge in [-0.15, -0.1) is 0 Å². The molecule has 2 heterocycles. The van der Waals surface area contributed by atoms with Crippen LogP contribution in [-0.2, 0) is 19.2 Å². The second-order valence-electron chi connectivity index (χ2n) is 6.40. The van der Waals surface area contributed by atoms with E-state index in [1.165, 1.54) is 22.2 Å². The summed E-state index contributed by atoms with van der Waals surface area (Å²) >= 11 is 2.12. The van der Waals surface area contributed by atoms with Crippen LogP contribution in [0.2, 0.25) is 0 Å². The fraction of sp³-hybridized carbons (Fsp3) is 0.444. The van der Waals surface area contributed by atoms with E-state index in [9.17, 15) is 19.2 Å². The van der Waals surface area contributed by atoms with Gasteiger partial charge in [0.25, 0.3) is 11.8 Å². The molecule has 3 aliphatic rings.